The van der Waals surface area contributed by atoms with E-state index in [1.165, 1.54) is 55.0 Å². The van der Waals surface area contributed by atoms with Crippen molar-refractivity contribution in [3.8, 4) is 0 Å². The lowest BCUT2D eigenvalue weighted by atomic mass is 9.96. The molecule has 0 bridgehead atoms. The van der Waals surface area contributed by atoms with Gasteiger partial charge in [-0.15, -0.1) is 0 Å². The number of hydrogen-bond donors (Lipinski definition) is 2. The Morgan fingerprint density at radius 2 is 0.946 bits per heavy atom. The first-order chi connectivity index (χ1) is 43.0. The molecule has 3 aromatic carbocycles. The molecule has 0 spiro atoms. The van der Waals surface area contributed by atoms with Gasteiger partial charge < -0.3 is 39.6 Å². The number of aliphatic hydroxyl groups excluding tert-OH is 1. The molecule has 9 rings (SSSR count). The van der Waals surface area contributed by atoms with Crippen molar-refractivity contribution >= 4 is 63.9 Å². The zero-order valence-corrected chi connectivity index (χ0v) is 55.9. The zero-order chi connectivity index (χ0) is 69.1. The molecule has 17 nitrogen and oxygen atoms in total. The van der Waals surface area contributed by atoms with E-state index < -0.39 is 64.9 Å². The highest BCUT2D eigenvalue weighted by Gasteiger charge is 2.51. The summed E-state index contributed by atoms with van der Waals surface area (Å²) in [6.07, 6.45) is -2.51. The highest BCUT2D eigenvalue weighted by atomic mass is 32.2. The number of halogens is 9. The minimum atomic E-state index is -4.83. The van der Waals surface area contributed by atoms with Crippen molar-refractivity contribution in [3.05, 3.63) is 144 Å². The van der Waals surface area contributed by atoms with Crippen LogP contribution in [0.15, 0.2) is 130 Å². The van der Waals surface area contributed by atoms with Gasteiger partial charge in [-0.2, -0.15) is 26.3 Å². The molecule has 6 aromatic rings. The first-order valence-electron chi connectivity index (χ1n) is 29.9. The molecule has 0 amide bonds. The van der Waals surface area contributed by atoms with Crippen LogP contribution in [0.2, 0.25) is 0 Å². The van der Waals surface area contributed by atoms with Gasteiger partial charge in [0.1, 0.15) is 28.0 Å². The van der Waals surface area contributed by atoms with E-state index in [-0.39, 0.29) is 57.5 Å². The summed E-state index contributed by atoms with van der Waals surface area (Å²) < 4.78 is 191. The van der Waals surface area contributed by atoms with Crippen LogP contribution in [0.1, 0.15) is 77.8 Å². The summed E-state index contributed by atoms with van der Waals surface area (Å²) in [7, 11) is -10.5. The van der Waals surface area contributed by atoms with Gasteiger partial charge in [-0.1, -0.05) is 59.7 Å². The van der Waals surface area contributed by atoms with Crippen molar-refractivity contribution in [2.75, 3.05) is 107 Å². The van der Waals surface area contributed by atoms with E-state index in [4.69, 9.17) is 0 Å². The van der Waals surface area contributed by atoms with Crippen LogP contribution in [0.4, 0.5) is 73.9 Å². The number of piperazine rings is 3. The topological polar surface area (TPSA) is 201 Å². The Labute approximate surface area is 538 Å². The standard InChI is InChI=1S/C22H27F4N3O3S.C21H26F3N3O3S.C21H27F2N3O2S/c1-14(2)18-13-28(16-6-7-17(23)19(11-16)33(4,31)32)9-10-29(18)20-8-5-15(12-27-20)21(3,30)22(24,25)26;1-14(2)18-12-26(16-5-4-15(13-28)19(10-16)31(3,29)30)8-9-27(18)17-6-7-20(25-11-17)21(22,23)24;1-15(2)19-14-25(17-6-5-7-18(12-17)29(4,27)28)10-11-26(19)20-9-8-16(13-24-20)21(3,22)23/h5-8,11-12,14,18,30H,9-10,13H2,1-4H3;4-7,10-11,14,18,28H,8-9,12-13H2,1-3H3;5-9,12-13,15,19H,10-11,14H2,1-4H3/t18-,21?;18-;19-/m000/s1. The summed E-state index contributed by atoms with van der Waals surface area (Å²) in [6, 6.07) is 24.2. The summed E-state index contributed by atoms with van der Waals surface area (Å²) in [5.74, 6) is -1.94. The fourth-order valence-corrected chi connectivity index (χ4v) is 13.7. The van der Waals surface area contributed by atoms with Gasteiger partial charge in [-0.3, -0.25) is 0 Å². The second-order valence-electron chi connectivity index (χ2n) is 24.9. The van der Waals surface area contributed by atoms with Gasteiger partial charge in [-0.25, -0.2) is 53.4 Å². The maximum absolute atomic E-state index is 14.0. The van der Waals surface area contributed by atoms with Gasteiger partial charge in [0.05, 0.1) is 40.4 Å². The Hall–Kier alpha value is -6.95. The number of alkyl halides is 8. The number of pyridine rings is 3. The molecule has 3 aliphatic rings. The fraction of sp³-hybridized carbons (Fsp3) is 0.484. The van der Waals surface area contributed by atoms with Crippen LogP contribution < -0.4 is 29.4 Å². The van der Waals surface area contributed by atoms with Crippen LogP contribution in [0.3, 0.4) is 0 Å². The van der Waals surface area contributed by atoms with E-state index in [2.05, 4.69) is 43.5 Å². The normalized spacial score (nSPS) is 18.7. The van der Waals surface area contributed by atoms with Crippen molar-refractivity contribution in [1.29, 1.82) is 0 Å². The predicted molar refractivity (Wildman–Crippen MR) is 342 cm³/mol. The predicted octanol–water partition coefficient (Wildman–Crippen LogP) is 11.0. The summed E-state index contributed by atoms with van der Waals surface area (Å²) in [6.45, 7) is 18.6. The Morgan fingerprint density at radius 3 is 1.34 bits per heavy atom. The van der Waals surface area contributed by atoms with Crippen LogP contribution in [0, 0.1) is 23.6 Å². The highest BCUT2D eigenvalue weighted by molar-refractivity contribution is 7.91. The highest BCUT2D eigenvalue weighted by Crippen LogP contribution is 2.40. The molecule has 0 aliphatic carbocycles. The average Bonchev–Trinajstić information content (AvgIpc) is 0.828. The largest absolute Gasteiger partial charge is 0.433 e. The van der Waals surface area contributed by atoms with Crippen LogP contribution in [-0.2, 0) is 53.8 Å². The van der Waals surface area contributed by atoms with E-state index >= 15 is 0 Å². The van der Waals surface area contributed by atoms with Gasteiger partial charge in [-0.05, 0) is 109 Å². The molecule has 3 saturated heterocycles. The van der Waals surface area contributed by atoms with Gasteiger partial charge in [0, 0.05) is 131 Å². The second kappa shape index (κ2) is 28.6. The maximum Gasteiger partial charge on any atom is 0.433 e. The molecule has 6 heterocycles. The zero-order valence-electron chi connectivity index (χ0n) is 53.5. The molecule has 4 atom stereocenters. The van der Waals surface area contributed by atoms with Crippen molar-refractivity contribution in [3.63, 3.8) is 0 Å². The van der Waals surface area contributed by atoms with Gasteiger partial charge >= 0.3 is 12.4 Å². The minimum Gasteiger partial charge on any atom is -0.392 e. The van der Waals surface area contributed by atoms with Crippen molar-refractivity contribution in [2.45, 2.75) is 119 Å². The SMILES string of the molecule is CC(C)[C@@H]1CN(c2ccc(CO)c(S(C)(=O)=O)c2)CCN1c1ccc(C(F)(F)F)nc1.CC(C)[C@@H]1CN(c2ccc(F)c(S(C)(=O)=O)c2)CCN1c1ccc(C(C)(O)C(F)(F)F)cn1.CC(C)[C@@H]1CN(c2cccc(S(C)(=O)=O)c2)CCN1c1ccc(C(C)(F)F)cn1. The number of rotatable bonds is 15. The number of aliphatic hydroxyl groups is 2. The number of aromatic nitrogens is 3. The van der Waals surface area contributed by atoms with Gasteiger partial charge in [0.2, 0.25) is 0 Å². The summed E-state index contributed by atoms with van der Waals surface area (Å²) in [5, 5.41) is 19.3. The second-order valence-corrected chi connectivity index (χ2v) is 30.9. The van der Waals surface area contributed by atoms with E-state index in [0.717, 1.165) is 49.1 Å². The maximum atomic E-state index is 14.0. The third-order valence-electron chi connectivity index (χ3n) is 16.9. The summed E-state index contributed by atoms with van der Waals surface area (Å²) in [4.78, 5) is 24.5. The first-order valence-corrected chi connectivity index (χ1v) is 35.6. The number of sulfone groups is 3. The molecule has 29 heteroatoms. The van der Waals surface area contributed by atoms with E-state index in [1.54, 1.807) is 42.5 Å². The lowest BCUT2D eigenvalue weighted by molar-refractivity contribution is -0.259. The van der Waals surface area contributed by atoms with Crippen molar-refractivity contribution in [2.24, 2.45) is 17.8 Å². The average molecular weight is 1370 g/mol. The number of anilines is 6. The Kier molecular flexibility index (Phi) is 22.6. The van der Waals surface area contributed by atoms with Crippen LogP contribution in [0.5, 0.6) is 0 Å². The third kappa shape index (κ3) is 17.9. The molecule has 2 N–H and O–H groups in total. The lowest BCUT2D eigenvalue weighted by Crippen LogP contribution is -2.56. The Morgan fingerprint density at radius 1 is 0.505 bits per heavy atom. The van der Waals surface area contributed by atoms with E-state index in [9.17, 15) is 75.0 Å². The van der Waals surface area contributed by atoms with Crippen LogP contribution >= 0.6 is 0 Å². The molecule has 3 aliphatic heterocycles. The molecule has 0 saturated carbocycles. The quantitative estimate of drug-likeness (QED) is 0.0919. The number of hydrogen-bond acceptors (Lipinski definition) is 17. The molecular formula is C64H80F9N9O8S3. The monoisotopic (exact) mass is 1370 g/mol. The molecule has 510 valence electrons. The molecular weight excluding hydrogens is 1290 g/mol. The number of benzene rings is 3. The lowest BCUT2D eigenvalue weighted by Gasteiger charge is -2.45. The molecule has 1 unspecified atom stereocenters. The van der Waals surface area contributed by atoms with Crippen molar-refractivity contribution in [1.82, 2.24) is 15.0 Å². The minimum absolute atomic E-state index is 0.00788. The Balaban J connectivity index is 0.000000198. The van der Waals surface area contributed by atoms with Crippen molar-refractivity contribution < 1.29 is 75.0 Å². The summed E-state index contributed by atoms with van der Waals surface area (Å²) in [5.41, 5.74) is -1.23. The van der Waals surface area contributed by atoms with E-state index in [1.807, 2.05) is 48.5 Å². The summed E-state index contributed by atoms with van der Waals surface area (Å²) >= 11 is 0. The third-order valence-corrected chi connectivity index (χ3v) is 20.3. The smallest absolute Gasteiger partial charge is 0.392 e. The van der Waals surface area contributed by atoms with E-state index in [0.29, 0.717) is 105 Å². The van der Waals surface area contributed by atoms with Crippen LogP contribution in [0.25, 0.3) is 0 Å². The first kappa shape index (κ1) is 73.5. The molecule has 93 heavy (non-hydrogen) atoms. The fourth-order valence-electron chi connectivity index (χ4n) is 11.4. The number of nitrogens with zero attached hydrogens (tertiary/aromatic N) is 9. The van der Waals surface area contributed by atoms with Crippen LogP contribution in [-0.4, -0.2) is 152 Å². The van der Waals surface area contributed by atoms with Gasteiger partial charge in [0.25, 0.3) is 5.92 Å². The molecule has 3 aromatic heterocycles. The Bertz CT molecular complexity index is 3880. The molecule has 3 fully saturated rings. The van der Waals surface area contributed by atoms with Gasteiger partial charge in [0.15, 0.2) is 35.1 Å². The molecule has 0 radical (unpaired) electrons.